The molecule has 0 saturated carbocycles. The highest BCUT2D eigenvalue weighted by Crippen LogP contribution is 2.42. The van der Waals surface area contributed by atoms with E-state index in [1.54, 1.807) is 0 Å². The van der Waals surface area contributed by atoms with Crippen LogP contribution in [-0.2, 0) is 4.43 Å². The van der Waals surface area contributed by atoms with Crippen molar-refractivity contribution in [1.29, 1.82) is 0 Å². The van der Waals surface area contributed by atoms with Gasteiger partial charge in [0.05, 0.1) is 12.7 Å². The summed E-state index contributed by atoms with van der Waals surface area (Å²) in [5.41, 5.74) is 1.50. The molecule has 21 heavy (non-hydrogen) atoms. The normalized spacial score (nSPS) is 30.9. The van der Waals surface area contributed by atoms with E-state index in [1.165, 1.54) is 12.0 Å². The molecule has 2 rings (SSSR count). The Morgan fingerprint density at radius 3 is 2.62 bits per heavy atom. The Balaban J connectivity index is 2.02. The molecule has 0 aromatic heterocycles. The number of rotatable bonds is 4. The molecule has 1 unspecified atom stereocenters. The molecular weight excluding hydrogens is 278 g/mol. The zero-order chi connectivity index (χ0) is 15.9. The number of hydrogen-bond donors (Lipinski definition) is 1. The van der Waals surface area contributed by atoms with Crippen LogP contribution in [-0.4, -0.2) is 49.7 Å². The molecule has 0 bridgehead atoms. The molecule has 0 aliphatic carbocycles. The minimum atomic E-state index is -1.70. The van der Waals surface area contributed by atoms with E-state index in [9.17, 15) is 5.11 Å². The summed E-state index contributed by atoms with van der Waals surface area (Å²) in [5, 5.41) is 10.0. The molecule has 2 saturated heterocycles. The summed E-state index contributed by atoms with van der Waals surface area (Å²) in [6.07, 6.45) is 5.88. The molecule has 2 aliphatic rings. The first-order chi connectivity index (χ1) is 9.60. The maximum absolute atomic E-state index is 9.78. The van der Waals surface area contributed by atoms with Gasteiger partial charge in [0, 0.05) is 12.1 Å². The van der Waals surface area contributed by atoms with Gasteiger partial charge in [-0.2, -0.15) is 0 Å². The van der Waals surface area contributed by atoms with Crippen molar-refractivity contribution >= 4 is 8.32 Å². The highest BCUT2D eigenvalue weighted by atomic mass is 28.4. The molecule has 122 valence electrons. The van der Waals surface area contributed by atoms with Crippen molar-refractivity contribution in [1.82, 2.24) is 4.90 Å². The van der Waals surface area contributed by atoms with Gasteiger partial charge in [-0.3, -0.25) is 4.90 Å². The van der Waals surface area contributed by atoms with E-state index in [-0.39, 0.29) is 16.7 Å². The lowest BCUT2D eigenvalue weighted by Crippen LogP contribution is -2.43. The lowest BCUT2D eigenvalue weighted by molar-refractivity contribution is 0.1000. The Morgan fingerprint density at radius 2 is 2.10 bits per heavy atom. The molecule has 2 aliphatic heterocycles. The smallest absolute Gasteiger partial charge is 0.192 e. The van der Waals surface area contributed by atoms with Crippen LogP contribution in [0.25, 0.3) is 0 Å². The number of nitrogens with zero attached hydrogens (tertiary/aromatic N) is 1. The van der Waals surface area contributed by atoms with Crippen LogP contribution in [0, 0.1) is 0 Å². The maximum Gasteiger partial charge on any atom is 0.192 e. The minimum Gasteiger partial charge on any atom is -0.411 e. The molecule has 2 fully saturated rings. The number of fused-ring (bicyclic) bond motifs is 1. The molecule has 2 atom stereocenters. The summed E-state index contributed by atoms with van der Waals surface area (Å²) in [6.45, 7) is 16.1. The monoisotopic (exact) mass is 311 g/mol. The zero-order valence-electron chi connectivity index (χ0n) is 14.7. The Hall–Kier alpha value is -0.163. The van der Waals surface area contributed by atoms with Crippen LogP contribution in [0.2, 0.25) is 18.1 Å². The molecule has 0 aromatic rings. The van der Waals surface area contributed by atoms with Gasteiger partial charge in [0.25, 0.3) is 0 Å². The van der Waals surface area contributed by atoms with Crippen molar-refractivity contribution in [2.75, 3.05) is 19.7 Å². The van der Waals surface area contributed by atoms with Crippen molar-refractivity contribution in [3.8, 4) is 0 Å². The third kappa shape index (κ3) is 3.44. The van der Waals surface area contributed by atoms with Crippen LogP contribution >= 0.6 is 0 Å². The first-order valence-corrected chi connectivity index (χ1v) is 11.2. The van der Waals surface area contributed by atoms with E-state index >= 15 is 0 Å². The van der Waals surface area contributed by atoms with Crippen LogP contribution in [0.15, 0.2) is 11.6 Å². The fraction of sp³-hybridized carbons (Fsp3) is 0.882. The highest BCUT2D eigenvalue weighted by molar-refractivity contribution is 6.74. The van der Waals surface area contributed by atoms with Gasteiger partial charge in [-0.1, -0.05) is 32.4 Å². The van der Waals surface area contributed by atoms with E-state index in [0.717, 1.165) is 25.9 Å². The fourth-order valence-corrected chi connectivity index (χ4v) is 4.87. The van der Waals surface area contributed by atoms with E-state index in [4.69, 9.17) is 4.43 Å². The van der Waals surface area contributed by atoms with Crippen LogP contribution in [0.5, 0.6) is 0 Å². The molecule has 0 aromatic carbocycles. The fourth-order valence-electron chi connectivity index (χ4n) is 3.52. The van der Waals surface area contributed by atoms with Gasteiger partial charge in [0.1, 0.15) is 0 Å². The first kappa shape index (κ1) is 17.2. The third-order valence-electron chi connectivity index (χ3n) is 5.74. The van der Waals surface area contributed by atoms with Gasteiger partial charge in [0.15, 0.2) is 8.32 Å². The van der Waals surface area contributed by atoms with Crippen molar-refractivity contribution in [3.63, 3.8) is 0 Å². The lowest BCUT2D eigenvalue weighted by Gasteiger charge is -2.38. The van der Waals surface area contributed by atoms with E-state index in [0.29, 0.717) is 6.61 Å². The van der Waals surface area contributed by atoms with Crippen molar-refractivity contribution < 1.29 is 9.53 Å². The Kier molecular flexibility index (Phi) is 4.75. The van der Waals surface area contributed by atoms with E-state index in [2.05, 4.69) is 51.8 Å². The largest absolute Gasteiger partial charge is 0.411 e. The highest BCUT2D eigenvalue weighted by Gasteiger charge is 2.46. The molecular formula is C17H33NO2Si. The number of hydrogen-bond acceptors (Lipinski definition) is 3. The summed E-state index contributed by atoms with van der Waals surface area (Å²) in [5.74, 6) is 0. The van der Waals surface area contributed by atoms with Crippen LogP contribution in [0.3, 0.4) is 0 Å². The average molecular weight is 312 g/mol. The van der Waals surface area contributed by atoms with Crippen molar-refractivity contribution in [3.05, 3.63) is 11.6 Å². The summed E-state index contributed by atoms with van der Waals surface area (Å²) in [6, 6.07) is 0. The molecule has 4 heteroatoms. The zero-order valence-corrected chi connectivity index (χ0v) is 15.7. The quantitative estimate of drug-likeness (QED) is 0.636. The third-order valence-corrected chi connectivity index (χ3v) is 10.3. The Bertz CT molecular complexity index is 414. The molecule has 0 radical (unpaired) electrons. The van der Waals surface area contributed by atoms with Gasteiger partial charge >= 0.3 is 0 Å². The van der Waals surface area contributed by atoms with Gasteiger partial charge < -0.3 is 9.53 Å². The molecule has 0 amide bonds. The Morgan fingerprint density at radius 1 is 1.43 bits per heavy atom. The van der Waals surface area contributed by atoms with Gasteiger partial charge in [0.2, 0.25) is 0 Å². The van der Waals surface area contributed by atoms with Gasteiger partial charge in [-0.05, 0) is 50.9 Å². The second kappa shape index (κ2) is 5.80. The van der Waals surface area contributed by atoms with Gasteiger partial charge in [-0.15, -0.1) is 0 Å². The summed E-state index contributed by atoms with van der Waals surface area (Å²) >= 11 is 0. The Labute approximate surface area is 131 Å². The van der Waals surface area contributed by atoms with Crippen LogP contribution in [0.4, 0.5) is 0 Å². The van der Waals surface area contributed by atoms with Gasteiger partial charge in [-0.25, -0.2) is 0 Å². The topological polar surface area (TPSA) is 32.7 Å². The molecule has 0 spiro atoms. The van der Waals surface area contributed by atoms with Crippen LogP contribution in [0.1, 0.15) is 47.0 Å². The second-order valence-corrected chi connectivity index (χ2v) is 13.2. The van der Waals surface area contributed by atoms with Crippen molar-refractivity contribution in [2.24, 2.45) is 0 Å². The lowest BCUT2D eigenvalue weighted by atomic mass is 9.93. The SMILES string of the molecule is CC(/C=C1\CN2CCC[C@@]2(CO)C1)O[Si](C)(C)C(C)(C)C. The van der Waals surface area contributed by atoms with Crippen molar-refractivity contribution in [2.45, 2.75) is 76.7 Å². The second-order valence-electron chi connectivity index (χ2n) is 8.49. The predicted molar refractivity (Wildman–Crippen MR) is 91.1 cm³/mol. The van der Waals surface area contributed by atoms with Crippen LogP contribution < -0.4 is 0 Å². The molecule has 1 N–H and O–H groups in total. The number of aliphatic hydroxyl groups excluding tert-OH is 1. The summed E-state index contributed by atoms with van der Waals surface area (Å²) < 4.78 is 6.43. The standard InChI is InChI=1S/C17H33NO2Si/c1-14(20-21(5,6)16(2,3)4)10-15-11-17(13-19)8-7-9-18(17)12-15/h10,14,19H,7-9,11-13H2,1-6H3/b15-10-/t14?,17-/m0/s1. The molecule has 2 heterocycles. The average Bonchev–Trinajstić information content (AvgIpc) is 2.82. The number of aliphatic hydroxyl groups is 1. The predicted octanol–water partition coefficient (Wildman–Crippen LogP) is 3.55. The van der Waals surface area contributed by atoms with E-state index in [1.807, 2.05) is 0 Å². The first-order valence-electron chi connectivity index (χ1n) is 8.33. The minimum absolute atomic E-state index is 0.0442. The summed E-state index contributed by atoms with van der Waals surface area (Å²) in [4.78, 5) is 2.47. The van der Waals surface area contributed by atoms with E-state index < -0.39 is 8.32 Å². The maximum atomic E-state index is 9.78. The molecule has 3 nitrogen and oxygen atoms in total. The summed E-state index contributed by atoms with van der Waals surface area (Å²) in [7, 11) is -1.70.